The summed E-state index contributed by atoms with van der Waals surface area (Å²) in [6, 6.07) is 15.8. The number of hydrogen-bond acceptors (Lipinski definition) is 3. The van der Waals surface area contributed by atoms with Crippen molar-refractivity contribution >= 4 is 17.6 Å². The molecular weight excluding hydrogens is 366 g/mol. The second kappa shape index (κ2) is 8.55. The van der Waals surface area contributed by atoms with Crippen LogP contribution in [0.15, 0.2) is 48.5 Å². The van der Waals surface area contributed by atoms with Crippen LogP contribution in [0.25, 0.3) is 0 Å². The molecule has 152 valence electrons. The number of nitrogens with zero attached hydrogens (tertiary/aromatic N) is 2. The average molecular weight is 393 g/mol. The standard InChI is InChI=1S/C23H27N3O3/c1-17-7-8-21-20(15-17)26(13-14-29-21)23(28)25-11-9-19(10-12-25)22(27)24-16-18-5-3-2-4-6-18/h2-8,15,19H,9-14,16H2,1H3,(H,24,27). The number of anilines is 1. The van der Waals surface area contributed by atoms with E-state index in [1.54, 1.807) is 0 Å². The minimum atomic E-state index is -0.0398. The predicted molar refractivity (Wildman–Crippen MR) is 112 cm³/mol. The number of aryl methyl sites for hydroxylation is 1. The topological polar surface area (TPSA) is 61.9 Å². The molecule has 1 N–H and O–H groups in total. The number of amides is 3. The molecule has 3 amide bonds. The lowest BCUT2D eigenvalue weighted by Gasteiger charge is -2.37. The molecule has 2 aromatic rings. The molecular formula is C23H27N3O3. The minimum Gasteiger partial charge on any atom is -0.490 e. The second-order valence-corrected chi connectivity index (χ2v) is 7.72. The summed E-state index contributed by atoms with van der Waals surface area (Å²) in [5.74, 6) is 0.792. The Kier molecular flexibility index (Phi) is 5.69. The van der Waals surface area contributed by atoms with E-state index in [1.807, 2.05) is 65.3 Å². The van der Waals surface area contributed by atoms with E-state index in [2.05, 4.69) is 5.32 Å². The Balaban J connectivity index is 1.32. The molecule has 0 spiro atoms. The fourth-order valence-corrected chi connectivity index (χ4v) is 3.96. The van der Waals surface area contributed by atoms with Crippen LogP contribution in [0.2, 0.25) is 0 Å². The van der Waals surface area contributed by atoms with Crippen molar-refractivity contribution in [1.29, 1.82) is 0 Å². The third-order valence-electron chi connectivity index (χ3n) is 5.65. The van der Waals surface area contributed by atoms with Crippen LogP contribution in [0.4, 0.5) is 10.5 Å². The van der Waals surface area contributed by atoms with Gasteiger partial charge in [0.05, 0.1) is 12.2 Å². The fraction of sp³-hybridized carbons (Fsp3) is 0.391. The van der Waals surface area contributed by atoms with Crippen LogP contribution in [0.3, 0.4) is 0 Å². The zero-order valence-corrected chi connectivity index (χ0v) is 16.8. The Bertz CT molecular complexity index is 876. The van der Waals surface area contributed by atoms with Gasteiger partial charge in [0.15, 0.2) is 0 Å². The van der Waals surface area contributed by atoms with Gasteiger partial charge < -0.3 is 15.0 Å². The van der Waals surface area contributed by atoms with Gasteiger partial charge in [-0.3, -0.25) is 9.69 Å². The number of carbonyl (C=O) groups is 2. The van der Waals surface area contributed by atoms with Crippen molar-refractivity contribution in [3.63, 3.8) is 0 Å². The van der Waals surface area contributed by atoms with Crippen LogP contribution >= 0.6 is 0 Å². The first-order valence-corrected chi connectivity index (χ1v) is 10.2. The number of benzene rings is 2. The Morgan fingerprint density at radius 2 is 1.83 bits per heavy atom. The molecule has 2 aliphatic rings. The summed E-state index contributed by atoms with van der Waals surface area (Å²) in [6.45, 7) is 4.80. The first-order chi connectivity index (χ1) is 14.1. The Morgan fingerprint density at radius 3 is 2.59 bits per heavy atom. The van der Waals surface area contributed by atoms with Crippen LogP contribution in [-0.2, 0) is 11.3 Å². The molecule has 2 heterocycles. The lowest BCUT2D eigenvalue weighted by molar-refractivity contribution is -0.126. The first kappa shape index (κ1) is 19.3. The van der Waals surface area contributed by atoms with E-state index in [-0.39, 0.29) is 17.9 Å². The molecule has 2 aliphatic heterocycles. The van der Waals surface area contributed by atoms with Crippen molar-refractivity contribution in [3.05, 3.63) is 59.7 Å². The maximum atomic E-state index is 13.1. The third-order valence-corrected chi connectivity index (χ3v) is 5.65. The molecule has 6 nitrogen and oxygen atoms in total. The molecule has 1 fully saturated rings. The van der Waals surface area contributed by atoms with Gasteiger partial charge in [-0.1, -0.05) is 36.4 Å². The van der Waals surface area contributed by atoms with E-state index < -0.39 is 0 Å². The molecule has 29 heavy (non-hydrogen) atoms. The quantitative estimate of drug-likeness (QED) is 0.870. The maximum Gasteiger partial charge on any atom is 0.324 e. The van der Waals surface area contributed by atoms with E-state index in [0.717, 1.165) is 22.6 Å². The second-order valence-electron chi connectivity index (χ2n) is 7.72. The average Bonchev–Trinajstić information content (AvgIpc) is 2.77. The van der Waals surface area contributed by atoms with Gasteiger partial charge >= 0.3 is 6.03 Å². The van der Waals surface area contributed by atoms with Crippen LogP contribution in [0, 0.1) is 12.8 Å². The molecule has 0 aliphatic carbocycles. The van der Waals surface area contributed by atoms with E-state index in [1.165, 1.54) is 0 Å². The van der Waals surface area contributed by atoms with Gasteiger partial charge in [0.1, 0.15) is 12.4 Å². The third kappa shape index (κ3) is 4.36. The van der Waals surface area contributed by atoms with Crippen LogP contribution < -0.4 is 15.0 Å². The summed E-state index contributed by atoms with van der Waals surface area (Å²) in [6.07, 6.45) is 1.38. The van der Waals surface area contributed by atoms with Crippen molar-refractivity contribution in [3.8, 4) is 5.75 Å². The highest BCUT2D eigenvalue weighted by atomic mass is 16.5. The van der Waals surface area contributed by atoms with Crippen LogP contribution in [0.5, 0.6) is 5.75 Å². The van der Waals surface area contributed by atoms with E-state index in [0.29, 0.717) is 45.6 Å². The Morgan fingerprint density at radius 1 is 1.07 bits per heavy atom. The molecule has 0 saturated carbocycles. The summed E-state index contributed by atoms with van der Waals surface area (Å²) in [5, 5.41) is 3.03. The predicted octanol–water partition coefficient (Wildman–Crippen LogP) is 3.34. The van der Waals surface area contributed by atoms with E-state index in [4.69, 9.17) is 4.74 Å². The van der Waals surface area contributed by atoms with Gasteiger partial charge in [-0.15, -0.1) is 0 Å². The van der Waals surface area contributed by atoms with Gasteiger partial charge in [-0.05, 0) is 43.0 Å². The number of rotatable bonds is 3. The van der Waals surface area contributed by atoms with Crippen molar-refractivity contribution < 1.29 is 14.3 Å². The molecule has 2 aromatic carbocycles. The monoisotopic (exact) mass is 393 g/mol. The number of hydrogen-bond donors (Lipinski definition) is 1. The molecule has 0 atom stereocenters. The Labute approximate surface area is 171 Å². The summed E-state index contributed by atoms with van der Waals surface area (Å²) in [4.78, 5) is 29.3. The summed E-state index contributed by atoms with van der Waals surface area (Å²) in [5.41, 5.74) is 3.03. The molecule has 6 heteroatoms. The fourth-order valence-electron chi connectivity index (χ4n) is 3.96. The molecule has 0 unspecified atom stereocenters. The van der Waals surface area contributed by atoms with Gasteiger partial charge in [-0.2, -0.15) is 0 Å². The number of nitrogens with one attached hydrogen (secondary N) is 1. The van der Waals surface area contributed by atoms with Gasteiger partial charge in [-0.25, -0.2) is 4.79 Å². The van der Waals surface area contributed by atoms with E-state index in [9.17, 15) is 9.59 Å². The summed E-state index contributed by atoms with van der Waals surface area (Å²) in [7, 11) is 0. The smallest absolute Gasteiger partial charge is 0.324 e. The molecule has 0 radical (unpaired) electrons. The number of piperidine rings is 1. The molecule has 1 saturated heterocycles. The SMILES string of the molecule is Cc1ccc2c(c1)N(C(=O)N1CCC(C(=O)NCc3ccccc3)CC1)CCO2. The Hall–Kier alpha value is -3.02. The molecule has 0 aromatic heterocycles. The zero-order chi connectivity index (χ0) is 20.2. The number of carbonyl (C=O) groups excluding carboxylic acids is 2. The van der Waals surface area contributed by atoms with E-state index >= 15 is 0 Å². The molecule has 4 rings (SSSR count). The summed E-state index contributed by atoms with van der Waals surface area (Å²) >= 11 is 0. The van der Waals surface area contributed by atoms with Crippen molar-refractivity contribution in [1.82, 2.24) is 10.2 Å². The number of likely N-dealkylation sites (tertiary alicyclic amines) is 1. The minimum absolute atomic E-state index is 0.00305. The highest BCUT2D eigenvalue weighted by Gasteiger charge is 2.32. The van der Waals surface area contributed by atoms with Crippen LogP contribution in [0.1, 0.15) is 24.0 Å². The van der Waals surface area contributed by atoms with Crippen LogP contribution in [-0.4, -0.2) is 43.1 Å². The first-order valence-electron chi connectivity index (χ1n) is 10.2. The van der Waals surface area contributed by atoms with Gasteiger partial charge in [0, 0.05) is 25.6 Å². The highest BCUT2D eigenvalue weighted by molar-refractivity contribution is 5.94. The lowest BCUT2D eigenvalue weighted by atomic mass is 9.96. The zero-order valence-electron chi connectivity index (χ0n) is 16.8. The number of fused-ring (bicyclic) bond motifs is 1. The normalized spacial score (nSPS) is 16.7. The van der Waals surface area contributed by atoms with Crippen molar-refractivity contribution in [2.45, 2.75) is 26.3 Å². The summed E-state index contributed by atoms with van der Waals surface area (Å²) < 4.78 is 5.69. The van der Waals surface area contributed by atoms with Gasteiger partial charge in [0.2, 0.25) is 5.91 Å². The number of urea groups is 1. The largest absolute Gasteiger partial charge is 0.490 e. The van der Waals surface area contributed by atoms with Crippen molar-refractivity contribution in [2.24, 2.45) is 5.92 Å². The lowest BCUT2D eigenvalue weighted by Crippen LogP contribution is -2.50. The van der Waals surface area contributed by atoms with Gasteiger partial charge in [0.25, 0.3) is 0 Å². The highest BCUT2D eigenvalue weighted by Crippen LogP contribution is 2.33. The molecule has 0 bridgehead atoms. The van der Waals surface area contributed by atoms with Crippen molar-refractivity contribution in [2.75, 3.05) is 31.1 Å². The maximum absolute atomic E-state index is 13.1. The number of ether oxygens (including phenoxy) is 1.